The molecule has 0 radical (unpaired) electrons. The van der Waals surface area contributed by atoms with Crippen LogP contribution in [0.3, 0.4) is 0 Å². The van der Waals surface area contributed by atoms with Crippen molar-refractivity contribution in [1.82, 2.24) is 19.9 Å². The molecular formula is C36H39F4N5O6S. The minimum Gasteiger partial charge on any atom is -0.472 e. The van der Waals surface area contributed by atoms with Gasteiger partial charge in [0.25, 0.3) is 5.91 Å². The monoisotopic (exact) mass is 745 g/mol. The van der Waals surface area contributed by atoms with E-state index in [1.807, 2.05) is 12.1 Å². The van der Waals surface area contributed by atoms with E-state index in [-0.39, 0.29) is 31.0 Å². The molecule has 1 saturated heterocycles. The van der Waals surface area contributed by atoms with Crippen LogP contribution in [0.15, 0.2) is 67.4 Å². The fraction of sp³-hybridized carbons (Fsp3) is 0.444. The van der Waals surface area contributed by atoms with Crippen LogP contribution in [0.1, 0.15) is 52.0 Å². The molecule has 1 aliphatic heterocycles. The van der Waals surface area contributed by atoms with Crippen LogP contribution in [0.2, 0.25) is 0 Å². The number of aromatic nitrogens is 1. The Bertz CT molecular complexity index is 2030. The highest BCUT2D eigenvalue weighted by Crippen LogP contribution is 2.46. The molecule has 0 spiro atoms. The summed E-state index contributed by atoms with van der Waals surface area (Å²) in [4.78, 5) is 47.7. The number of likely N-dealkylation sites (tertiary alicyclic amines) is 1. The van der Waals surface area contributed by atoms with Crippen molar-refractivity contribution >= 4 is 44.2 Å². The zero-order chi connectivity index (χ0) is 37.8. The van der Waals surface area contributed by atoms with E-state index in [4.69, 9.17) is 4.74 Å². The van der Waals surface area contributed by atoms with Crippen LogP contribution in [0.4, 0.5) is 23.2 Å². The van der Waals surface area contributed by atoms with E-state index in [0.29, 0.717) is 30.4 Å². The highest BCUT2D eigenvalue weighted by atomic mass is 32.2. The first-order valence-electron chi connectivity index (χ1n) is 16.8. The van der Waals surface area contributed by atoms with Gasteiger partial charge in [-0.3, -0.25) is 19.1 Å². The highest BCUT2D eigenvalue weighted by molar-refractivity contribution is 7.91. The molecule has 2 heterocycles. The average Bonchev–Trinajstić information content (AvgIpc) is 4.00. The molecule has 11 nitrogen and oxygen atoms in total. The van der Waals surface area contributed by atoms with Crippen LogP contribution < -0.4 is 20.1 Å². The largest absolute Gasteiger partial charge is 0.472 e. The van der Waals surface area contributed by atoms with Crippen LogP contribution in [-0.2, 0) is 30.6 Å². The molecule has 1 aromatic heterocycles. The van der Waals surface area contributed by atoms with E-state index in [1.54, 1.807) is 45.2 Å². The van der Waals surface area contributed by atoms with Crippen LogP contribution >= 0.6 is 0 Å². The Labute approximate surface area is 298 Å². The standard InChI is InChI=1S/C36H39F4N5O6S/c1-5-21-18-35(21,33(48)44-52(49,50)24-11-12-24)43-30(46)28-17-23(51-31-25-9-7-6-8-20(25)14-15-41-31)19-45(28)32(47)29(34(2,3)4)42-22-10-13-27(37)26(16-22)36(38,39)40/h5-10,13-16,21,23-24,28-29,42H,1,11-12,17-19H2,2-4H3,(H,43,46)(H,44,48). The van der Waals surface area contributed by atoms with Crippen molar-refractivity contribution < 1.29 is 45.1 Å². The molecule has 278 valence electrons. The lowest BCUT2D eigenvalue weighted by Gasteiger charge is -2.36. The Kier molecular flexibility index (Phi) is 9.51. The van der Waals surface area contributed by atoms with Gasteiger partial charge in [0.1, 0.15) is 29.5 Å². The molecule has 52 heavy (non-hydrogen) atoms. The second-order valence-corrected chi connectivity index (χ2v) is 16.6. The van der Waals surface area contributed by atoms with E-state index < -0.39 is 85.6 Å². The Balaban J connectivity index is 1.31. The van der Waals surface area contributed by atoms with Gasteiger partial charge in [0, 0.05) is 29.6 Å². The molecule has 16 heteroatoms. The Morgan fingerprint density at radius 3 is 2.44 bits per heavy atom. The van der Waals surface area contributed by atoms with Gasteiger partial charge in [-0.1, -0.05) is 45.0 Å². The summed E-state index contributed by atoms with van der Waals surface area (Å²) in [6.45, 7) is 8.60. The summed E-state index contributed by atoms with van der Waals surface area (Å²) >= 11 is 0. The smallest absolute Gasteiger partial charge is 0.419 e. The maximum Gasteiger partial charge on any atom is 0.419 e. The third kappa shape index (κ3) is 7.43. The number of hydrogen-bond acceptors (Lipinski definition) is 8. The lowest BCUT2D eigenvalue weighted by atomic mass is 9.85. The third-order valence-electron chi connectivity index (χ3n) is 9.71. The number of hydrogen-bond donors (Lipinski definition) is 3. The lowest BCUT2D eigenvalue weighted by Crippen LogP contribution is -2.58. The molecule has 3 aromatic rings. The number of fused-ring (bicyclic) bond motifs is 1. The van der Waals surface area contributed by atoms with Gasteiger partial charge in [-0.2, -0.15) is 13.2 Å². The normalized spacial score (nSPS) is 23.8. The van der Waals surface area contributed by atoms with Crippen LogP contribution in [0.5, 0.6) is 5.88 Å². The second-order valence-electron chi connectivity index (χ2n) is 14.6. The van der Waals surface area contributed by atoms with Gasteiger partial charge in [-0.25, -0.2) is 17.8 Å². The number of nitrogens with one attached hydrogen (secondary N) is 3. The number of nitrogens with zero attached hydrogens (tertiary/aromatic N) is 2. The number of carbonyl (C=O) groups is 3. The number of carbonyl (C=O) groups excluding carboxylic acids is 3. The third-order valence-corrected chi connectivity index (χ3v) is 11.5. The van der Waals surface area contributed by atoms with Gasteiger partial charge in [0.15, 0.2) is 0 Å². The molecule has 0 bridgehead atoms. The number of anilines is 1. The zero-order valence-corrected chi connectivity index (χ0v) is 29.5. The summed E-state index contributed by atoms with van der Waals surface area (Å²) in [7, 11) is -3.95. The van der Waals surface area contributed by atoms with Crippen molar-refractivity contribution in [3.8, 4) is 5.88 Å². The van der Waals surface area contributed by atoms with Crippen molar-refractivity contribution in [2.75, 3.05) is 11.9 Å². The maximum absolute atomic E-state index is 14.5. The molecule has 2 aliphatic carbocycles. The Morgan fingerprint density at radius 2 is 1.81 bits per heavy atom. The minimum absolute atomic E-state index is 0.0645. The lowest BCUT2D eigenvalue weighted by molar-refractivity contribution is -0.141. The summed E-state index contributed by atoms with van der Waals surface area (Å²) in [6, 6.07) is 8.94. The van der Waals surface area contributed by atoms with Crippen molar-refractivity contribution in [2.24, 2.45) is 11.3 Å². The van der Waals surface area contributed by atoms with Gasteiger partial charge in [-0.05, 0) is 60.4 Å². The molecule has 3 aliphatic rings. The fourth-order valence-electron chi connectivity index (χ4n) is 6.55. The van der Waals surface area contributed by atoms with E-state index in [1.165, 1.54) is 11.0 Å². The Hall–Kier alpha value is -4.73. The van der Waals surface area contributed by atoms with Crippen molar-refractivity contribution in [1.29, 1.82) is 0 Å². The number of ether oxygens (including phenoxy) is 1. The van der Waals surface area contributed by atoms with Gasteiger partial charge < -0.3 is 20.3 Å². The molecule has 5 atom stereocenters. The first kappa shape index (κ1) is 37.0. The van der Waals surface area contributed by atoms with Gasteiger partial charge in [0.2, 0.25) is 27.7 Å². The number of alkyl halides is 3. The number of rotatable bonds is 11. The summed E-state index contributed by atoms with van der Waals surface area (Å²) in [5.41, 5.74) is -4.27. The summed E-state index contributed by atoms with van der Waals surface area (Å²) in [5.74, 6) is -4.16. The summed E-state index contributed by atoms with van der Waals surface area (Å²) in [5, 5.41) is 6.37. The Morgan fingerprint density at radius 1 is 1.10 bits per heavy atom. The SMILES string of the molecule is C=CC1CC1(NC(=O)C1CC(Oc2nccc3ccccc23)CN1C(=O)C(Nc1ccc(F)c(C(F)(F)F)c1)C(C)(C)C)C(=O)NS(=O)(=O)C1CC1. The average molecular weight is 746 g/mol. The molecular weight excluding hydrogens is 706 g/mol. The number of benzene rings is 2. The van der Waals surface area contributed by atoms with Crippen LogP contribution in [-0.4, -0.2) is 71.5 Å². The van der Waals surface area contributed by atoms with Gasteiger partial charge in [-0.15, -0.1) is 6.58 Å². The number of halogens is 4. The van der Waals surface area contributed by atoms with E-state index in [2.05, 4.69) is 26.9 Å². The molecule has 5 unspecified atom stereocenters. The van der Waals surface area contributed by atoms with E-state index in [0.717, 1.165) is 11.5 Å². The van der Waals surface area contributed by atoms with Crippen LogP contribution in [0.25, 0.3) is 10.8 Å². The second kappa shape index (κ2) is 13.4. The first-order valence-corrected chi connectivity index (χ1v) is 18.3. The minimum atomic E-state index is -4.99. The molecule has 2 saturated carbocycles. The van der Waals surface area contributed by atoms with E-state index in [9.17, 15) is 40.4 Å². The zero-order valence-electron chi connectivity index (χ0n) is 28.7. The number of sulfonamides is 1. The highest BCUT2D eigenvalue weighted by Gasteiger charge is 2.62. The van der Waals surface area contributed by atoms with Gasteiger partial charge in [0.05, 0.1) is 17.4 Å². The summed E-state index contributed by atoms with van der Waals surface area (Å²) in [6.07, 6.45) is -1.95. The molecule has 6 rings (SSSR count). The topological polar surface area (TPSA) is 147 Å². The maximum atomic E-state index is 14.5. The van der Waals surface area contributed by atoms with Crippen molar-refractivity contribution in [3.63, 3.8) is 0 Å². The molecule has 3 fully saturated rings. The van der Waals surface area contributed by atoms with Crippen molar-refractivity contribution in [2.45, 2.75) is 81.6 Å². The summed E-state index contributed by atoms with van der Waals surface area (Å²) < 4.78 is 88.5. The molecule has 3 N–H and O–H groups in total. The number of pyridine rings is 1. The van der Waals surface area contributed by atoms with Crippen LogP contribution in [0, 0.1) is 17.2 Å². The van der Waals surface area contributed by atoms with Gasteiger partial charge >= 0.3 is 6.18 Å². The fourth-order valence-corrected chi connectivity index (χ4v) is 7.92. The predicted molar refractivity (Wildman–Crippen MR) is 184 cm³/mol. The number of amides is 3. The molecule has 3 amide bonds. The molecule has 2 aromatic carbocycles. The van der Waals surface area contributed by atoms with E-state index >= 15 is 0 Å². The first-order chi connectivity index (χ1) is 24.3. The van der Waals surface area contributed by atoms with Crippen molar-refractivity contribution in [3.05, 3.63) is 78.8 Å². The predicted octanol–water partition coefficient (Wildman–Crippen LogP) is 4.94. The quantitative estimate of drug-likeness (QED) is 0.185.